The van der Waals surface area contributed by atoms with Crippen molar-refractivity contribution in [3.05, 3.63) is 34.8 Å². The minimum atomic E-state index is -0.773. The summed E-state index contributed by atoms with van der Waals surface area (Å²) in [6, 6.07) is 8.11. The Morgan fingerprint density at radius 1 is 1.45 bits per heavy atom. The van der Waals surface area contributed by atoms with Crippen molar-refractivity contribution in [1.82, 2.24) is 4.98 Å². The van der Waals surface area contributed by atoms with E-state index in [9.17, 15) is 4.79 Å². The first-order valence-corrected chi connectivity index (χ1v) is 8.35. The van der Waals surface area contributed by atoms with Gasteiger partial charge in [0, 0.05) is 15.5 Å². The average molecular weight is 306 g/mol. The first-order valence-electron chi connectivity index (χ1n) is 6.31. The topological polar surface area (TPSA) is 62.2 Å². The Bertz CT molecular complexity index is 637. The number of benzene rings is 1. The van der Waals surface area contributed by atoms with Crippen LogP contribution in [0.1, 0.15) is 22.9 Å². The number of hydrogen-bond acceptors (Lipinski definition) is 5. The molecule has 1 aromatic heterocycles. The summed E-state index contributed by atoms with van der Waals surface area (Å²) < 4.78 is 0. The van der Waals surface area contributed by atoms with Crippen molar-refractivity contribution in [2.45, 2.75) is 23.7 Å². The van der Waals surface area contributed by atoms with Gasteiger partial charge in [0.1, 0.15) is 5.92 Å². The Labute approximate surface area is 125 Å². The second-order valence-electron chi connectivity index (χ2n) is 4.61. The van der Waals surface area contributed by atoms with Crippen LogP contribution in [0.3, 0.4) is 0 Å². The van der Waals surface area contributed by atoms with Crippen molar-refractivity contribution in [3.63, 3.8) is 0 Å². The molecule has 0 fully saturated rings. The summed E-state index contributed by atoms with van der Waals surface area (Å²) in [6.45, 7) is 0. The molecule has 1 heterocycles. The maximum atomic E-state index is 11.1. The van der Waals surface area contributed by atoms with Gasteiger partial charge in [0.25, 0.3) is 0 Å². The molecule has 20 heavy (non-hydrogen) atoms. The molecular formula is C14H14N2O2S2. The van der Waals surface area contributed by atoms with Gasteiger partial charge < -0.3 is 10.4 Å². The number of carboxylic acid groups (broad SMARTS) is 1. The number of thioether (sulfide) groups is 1. The molecule has 0 saturated carbocycles. The number of nitrogens with zero attached hydrogens (tertiary/aromatic N) is 1. The molecule has 104 valence electrons. The number of thiazole rings is 1. The molecule has 6 heteroatoms. The summed E-state index contributed by atoms with van der Waals surface area (Å²) in [5.74, 6) is -1.21. The Morgan fingerprint density at radius 2 is 2.20 bits per heavy atom. The molecule has 1 aliphatic rings. The number of hydrogen-bond donors (Lipinski definition) is 2. The van der Waals surface area contributed by atoms with Gasteiger partial charge in [-0.15, -0.1) is 23.1 Å². The maximum Gasteiger partial charge on any atom is 0.312 e. The summed E-state index contributed by atoms with van der Waals surface area (Å²) in [7, 11) is 0. The van der Waals surface area contributed by atoms with Gasteiger partial charge in [-0.3, -0.25) is 4.79 Å². The van der Waals surface area contributed by atoms with E-state index >= 15 is 0 Å². The predicted molar refractivity (Wildman–Crippen MR) is 82.3 cm³/mol. The summed E-state index contributed by atoms with van der Waals surface area (Å²) in [5.41, 5.74) is 1.72. The van der Waals surface area contributed by atoms with Crippen LogP contribution in [-0.2, 0) is 11.2 Å². The fourth-order valence-electron chi connectivity index (χ4n) is 2.32. The minimum Gasteiger partial charge on any atom is -0.481 e. The van der Waals surface area contributed by atoms with Crippen molar-refractivity contribution in [2.75, 3.05) is 11.6 Å². The highest BCUT2D eigenvalue weighted by Crippen LogP contribution is 2.39. The van der Waals surface area contributed by atoms with Crippen LogP contribution in [0.15, 0.2) is 29.2 Å². The van der Waals surface area contributed by atoms with Gasteiger partial charge in [0.2, 0.25) is 0 Å². The number of rotatable bonds is 4. The fourth-order valence-corrected chi connectivity index (χ4v) is 3.79. The first-order chi connectivity index (χ1) is 9.67. The summed E-state index contributed by atoms with van der Waals surface area (Å²) >= 11 is 3.26. The summed E-state index contributed by atoms with van der Waals surface area (Å²) in [4.78, 5) is 17.9. The summed E-state index contributed by atoms with van der Waals surface area (Å²) in [5, 5.41) is 13.2. The van der Waals surface area contributed by atoms with Gasteiger partial charge in [-0.1, -0.05) is 0 Å². The van der Waals surface area contributed by atoms with Gasteiger partial charge in [-0.05, 0) is 43.4 Å². The quantitative estimate of drug-likeness (QED) is 0.843. The molecule has 1 aliphatic carbocycles. The third-order valence-electron chi connectivity index (χ3n) is 3.36. The van der Waals surface area contributed by atoms with E-state index in [0.717, 1.165) is 27.8 Å². The van der Waals surface area contributed by atoms with Crippen molar-refractivity contribution in [1.29, 1.82) is 0 Å². The molecule has 1 unspecified atom stereocenters. The molecule has 0 amide bonds. The number of nitrogens with one attached hydrogen (secondary N) is 1. The van der Waals surface area contributed by atoms with E-state index in [1.54, 1.807) is 23.1 Å². The highest BCUT2D eigenvalue weighted by atomic mass is 32.2. The van der Waals surface area contributed by atoms with Crippen LogP contribution >= 0.6 is 23.1 Å². The Balaban J connectivity index is 1.79. The third-order valence-corrected chi connectivity index (χ3v) is 5.15. The van der Waals surface area contributed by atoms with Crippen LogP contribution in [0.25, 0.3) is 0 Å². The van der Waals surface area contributed by atoms with Crippen LogP contribution in [-0.4, -0.2) is 22.3 Å². The second kappa shape index (κ2) is 5.46. The maximum absolute atomic E-state index is 11.1. The van der Waals surface area contributed by atoms with Gasteiger partial charge in [0.15, 0.2) is 5.13 Å². The molecule has 1 aromatic carbocycles. The normalized spacial score (nSPS) is 16.9. The lowest BCUT2D eigenvalue weighted by Gasteiger charge is -2.04. The van der Waals surface area contributed by atoms with Crippen molar-refractivity contribution in [2.24, 2.45) is 0 Å². The SMILES string of the molecule is CSc1ccc(Nc2nc3c(s2)CCC3C(=O)O)cc1. The largest absolute Gasteiger partial charge is 0.481 e. The Morgan fingerprint density at radius 3 is 2.85 bits per heavy atom. The van der Waals surface area contributed by atoms with E-state index in [0.29, 0.717) is 6.42 Å². The Hall–Kier alpha value is -1.53. The molecule has 0 aliphatic heterocycles. The molecule has 0 spiro atoms. The molecule has 4 nitrogen and oxygen atoms in total. The molecule has 0 radical (unpaired) electrons. The number of aromatic nitrogens is 1. The van der Waals surface area contributed by atoms with Crippen LogP contribution < -0.4 is 5.32 Å². The number of fused-ring (bicyclic) bond motifs is 1. The molecular weight excluding hydrogens is 292 g/mol. The number of anilines is 2. The molecule has 1 atom stereocenters. The molecule has 3 rings (SSSR count). The number of aryl methyl sites for hydroxylation is 1. The standard InChI is InChI=1S/C14H14N2O2S2/c1-19-9-4-2-8(3-5-9)15-14-16-12-10(13(17)18)6-7-11(12)20-14/h2-5,10H,6-7H2,1H3,(H,15,16)(H,17,18). The van der Waals surface area contributed by atoms with E-state index in [1.165, 1.54) is 4.90 Å². The van der Waals surface area contributed by atoms with E-state index < -0.39 is 11.9 Å². The van der Waals surface area contributed by atoms with Crippen molar-refractivity contribution >= 4 is 39.9 Å². The Kier molecular flexibility index (Phi) is 3.67. The number of aliphatic carboxylic acids is 1. The van der Waals surface area contributed by atoms with Crippen LogP contribution in [0, 0.1) is 0 Å². The van der Waals surface area contributed by atoms with Crippen molar-refractivity contribution in [3.8, 4) is 0 Å². The molecule has 0 saturated heterocycles. The van der Waals surface area contributed by atoms with Crippen molar-refractivity contribution < 1.29 is 9.90 Å². The monoisotopic (exact) mass is 306 g/mol. The van der Waals surface area contributed by atoms with Gasteiger partial charge in [-0.2, -0.15) is 0 Å². The zero-order valence-electron chi connectivity index (χ0n) is 10.9. The zero-order chi connectivity index (χ0) is 14.1. The minimum absolute atomic E-state index is 0.435. The van der Waals surface area contributed by atoms with Crippen LogP contribution in [0.5, 0.6) is 0 Å². The predicted octanol–water partition coefficient (Wildman–Crippen LogP) is 3.72. The van der Waals surface area contributed by atoms with E-state index in [-0.39, 0.29) is 0 Å². The van der Waals surface area contributed by atoms with E-state index in [4.69, 9.17) is 5.11 Å². The van der Waals surface area contributed by atoms with Gasteiger partial charge >= 0.3 is 5.97 Å². The second-order valence-corrected chi connectivity index (χ2v) is 6.57. The average Bonchev–Trinajstić information content (AvgIpc) is 2.98. The lowest BCUT2D eigenvalue weighted by atomic mass is 10.1. The van der Waals surface area contributed by atoms with E-state index in [2.05, 4.69) is 10.3 Å². The first kappa shape index (κ1) is 13.5. The lowest BCUT2D eigenvalue weighted by Crippen LogP contribution is -2.08. The highest BCUT2D eigenvalue weighted by Gasteiger charge is 2.32. The van der Waals surface area contributed by atoms with Crippen LogP contribution in [0.4, 0.5) is 10.8 Å². The zero-order valence-corrected chi connectivity index (χ0v) is 12.6. The lowest BCUT2D eigenvalue weighted by molar-refractivity contribution is -0.138. The third kappa shape index (κ3) is 2.53. The number of carbonyl (C=O) groups is 1. The van der Waals surface area contributed by atoms with E-state index in [1.807, 2.05) is 30.5 Å². The van der Waals surface area contributed by atoms with Crippen LogP contribution in [0.2, 0.25) is 0 Å². The fraction of sp³-hybridized carbons (Fsp3) is 0.286. The summed E-state index contributed by atoms with van der Waals surface area (Å²) in [6.07, 6.45) is 3.53. The van der Waals surface area contributed by atoms with Gasteiger partial charge in [-0.25, -0.2) is 4.98 Å². The molecule has 2 N–H and O–H groups in total. The van der Waals surface area contributed by atoms with Gasteiger partial charge in [0.05, 0.1) is 5.69 Å². The molecule has 2 aromatic rings. The molecule has 0 bridgehead atoms. The smallest absolute Gasteiger partial charge is 0.312 e. The highest BCUT2D eigenvalue weighted by molar-refractivity contribution is 7.98. The number of carboxylic acids is 1.